The number of nitrogens with one attached hydrogen (secondary N) is 1. The van der Waals surface area contributed by atoms with Crippen LogP contribution in [0.1, 0.15) is 13.3 Å². The summed E-state index contributed by atoms with van der Waals surface area (Å²) in [4.78, 5) is 10.8. The van der Waals surface area contributed by atoms with Crippen molar-refractivity contribution in [1.82, 2.24) is 0 Å². The van der Waals surface area contributed by atoms with Crippen molar-refractivity contribution in [2.45, 2.75) is 13.3 Å². The second kappa shape index (κ2) is 2.60. The molecule has 0 saturated carbocycles. The average molecular weight is 135 g/mol. The summed E-state index contributed by atoms with van der Waals surface area (Å²) in [5.74, 6) is -0.0141. The summed E-state index contributed by atoms with van der Waals surface area (Å²) in [5, 5.41) is 7.27. The fraction of sp³-hybridized carbons (Fsp3) is 0.250. The molecule has 0 aliphatic heterocycles. The molecule has 0 amide bonds. The van der Waals surface area contributed by atoms with E-state index in [4.69, 9.17) is 5.41 Å². The fourth-order valence-electron chi connectivity index (χ4n) is 0.884. The summed E-state index contributed by atoms with van der Waals surface area (Å²) in [6, 6.07) is 0. The van der Waals surface area contributed by atoms with Crippen molar-refractivity contribution in [2.75, 3.05) is 0 Å². The van der Waals surface area contributed by atoms with Gasteiger partial charge in [-0.1, -0.05) is 5.57 Å². The molecule has 2 nitrogen and oxygen atoms in total. The Morgan fingerprint density at radius 3 is 2.90 bits per heavy atom. The Morgan fingerprint density at radius 1 is 1.50 bits per heavy atom. The van der Waals surface area contributed by atoms with E-state index in [1.807, 2.05) is 6.92 Å². The SMILES string of the molecule is CC1=CC(=O)C=CC(=N)C1. The smallest absolute Gasteiger partial charge is 0.178 e. The fourth-order valence-corrected chi connectivity index (χ4v) is 0.884. The highest BCUT2D eigenvalue weighted by molar-refractivity contribution is 6.08. The van der Waals surface area contributed by atoms with E-state index in [1.165, 1.54) is 6.08 Å². The number of carbonyl (C=O) groups is 1. The summed E-state index contributed by atoms with van der Waals surface area (Å²) >= 11 is 0. The molecule has 2 heteroatoms. The molecule has 0 aromatic carbocycles. The Kier molecular flexibility index (Phi) is 1.81. The number of carbonyl (C=O) groups excluding carboxylic acids is 1. The number of hydrogen-bond donors (Lipinski definition) is 1. The van der Waals surface area contributed by atoms with Gasteiger partial charge in [0.15, 0.2) is 5.78 Å². The quantitative estimate of drug-likeness (QED) is 0.537. The summed E-state index contributed by atoms with van der Waals surface area (Å²) in [5.41, 5.74) is 1.46. The monoisotopic (exact) mass is 135 g/mol. The zero-order chi connectivity index (χ0) is 7.56. The molecule has 1 aliphatic rings. The van der Waals surface area contributed by atoms with Crippen LogP contribution >= 0.6 is 0 Å². The Labute approximate surface area is 59.8 Å². The summed E-state index contributed by atoms with van der Waals surface area (Å²) < 4.78 is 0. The number of hydrogen-bond acceptors (Lipinski definition) is 2. The van der Waals surface area contributed by atoms with E-state index in [2.05, 4.69) is 0 Å². The van der Waals surface area contributed by atoms with E-state index >= 15 is 0 Å². The Hall–Kier alpha value is -1.18. The van der Waals surface area contributed by atoms with Gasteiger partial charge in [0.1, 0.15) is 0 Å². The van der Waals surface area contributed by atoms with Crippen LogP contribution < -0.4 is 0 Å². The van der Waals surface area contributed by atoms with Crippen molar-refractivity contribution in [2.24, 2.45) is 0 Å². The molecule has 1 aliphatic carbocycles. The van der Waals surface area contributed by atoms with Crippen molar-refractivity contribution < 1.29 is 4.79 Å². The minimum atomic E-state index is -0.0141. The zero-order valence-electron chi connectivity index (χ0n) is 5.85. The van der Waals surface area contributed by atoms with Crippen LogP contribution in [0.25, 0.3) is 0 Å². The minimum Gasteiger partial charge on any atom is -0.305 e. The Balaban J connectivity index is 2.90. The maximum Gasteiger partial charge on any atom is 0.178 e. The first-order valence-electron chi connectivity index (χ1n) is 3.15. The lowest BCUT2D eigenvalue weighted by atomic mass is 10.1. The molecule has 52 valence electrons. The summed E-state index contributed by atoms with van der Waals surface area (Å²) in [6.07, 6.45) is 5.15. The number of ketones is 1. The molecule has 0 atom stereocenters. The van der Waals surface area contributed by atoms with Crippen molar-refractivity contribution in [3.05, 3.63) is 23.8 Å². The first-order chi connectivity index (χ1) is 4.68. The van der Waals surface area contributed by atoms with Crippen LogP contribution in [0.3, 0.4) is 0 Å². The van der Waals surface area contributed by atoms with Gasteiger partial charge in [-0.15, -0.1) is 0 Å². The van der Waals surface area contributed by atoms with E-state index in [0.717, 1.165) is 5.57 Å². The van der Waals surface area contributed by atoms with Gasteiger partial charge in [-0.25, -0.2) is 0 Å². The van der Waals surface area contributed by atoms with Gasteiger partial charge in [0.05, 0.1) is 0 Å². The number of allylic oxidation sites excluding steroid dienone is 4. The Morgan fingerprint density at radius 2 is 2.20 bits per heavy atom. The normalized spacial score (nSPS) is 18.7. The third kappa shape index (κ3) is 1.65. The predicted octanol–water partition coefficient (Wildman–Crippen LogP) is 1.48. The molecule has 1 N–H and O–H groups in total. The van der Waals surface area contributed by atoms with Crippen LogP contribution in [0.5, 0.6) is 0 Å². The van der Waals surface area contributed by atoms with Gasteiger partial charge in [0.2, 0.25) is 0 Å². The highest BCUT2D eigenvalue weighted by atomic mass is 16.1. The van der Waals surface area contributed by atoms with E-state index in [-0.39, 0.29) is 5.78 Å². The maximum atomic E-state index is 10.8. The second-order valence-electron chi connectivity index (χ2n) is 2.43. The van der Waals surface area contributed by atoms with Crippen molar-refractivity contribution in [3.8, 4) is 0 Å². The van der Waals surface area contributed by atoms with Crippen molar-refractivity contribution in [1.29, 1.82) is 5.41 Å². The molecule has 10 heavy (non-hydrogen) atoms. The summed E-state index contributed by atoms with van der Waals surface area (Å²) in [7, 11) is 0. The van der Waals surface area contributed by atoms with Gasteiger partial charge >= 0.3 is 0 Å². The van der Waals surface area contributed by atoms with Crippen molar-refractivity contribution in [3.63, 3.8) is 0 Å². The third-order valence-electron chi connectivity index (χ3n) is 1.31. The summed E-state index contributed by atoms with van der Waals surface area (Å²) in [6.45, 7) is 1.86. The van der Waals surface area contributed by atoms with Gasteiger partial charge in [-0.3, -0.25) is 4.79 Å². The molecule has 0 bridgehead atoms. The molecule has 0 fully saturated rings. The molecule has 0 saturated heterocycles. The topological polar surface area (TPSA) is 40.9 Å². The Bertz CT molecular complexity index is 236. The highest BCUT2D eigenvalue weighted by Gasteiger charge is 2.01. The van der Waals surface area contributed by atoms with E-state index in [0.29, 0.717) is 12.1 Å². The first kappa shape index (κ1) is 6.93. The largest absolute Gasteiger partial charge is 0.305 e. The standard InChI is InChI=1S/C8H9NO/c1-6-4-7(9)2-3-8(10)5-6/h2-3,5,9H,4H2,1H3. The molecule has 0 aromatic heterocycles. The van der Waals surface area contributed by atoms with Gasteiger partial charge < -0.3 is 5.41 Å². The van der Waals surface area contributed by atoms with Crippen LogP contribution in [0.4, 0.5) is 0 Å². The molecular formula is C8H9NO. The van der Waals surface area contributed by atoms with Gasteiger partial charge in [-0.05, 0) is 25.2 Å². The van der Waals surface area contributed by atoms with Crippen LogP contribution in [0, 0.1) is 5.41 Å². The molecule has 0 unspecified atom stereocenters. The molecule has 1 rings (SSSR count). The van der Waals surface area contributed by atoms with Crippen LogP contribution in [0.15, 0.2) is 23.8 Å². The average Bonchev–Trinajstić information content (AvgIpc) is 1.93. The van der Waals surface area contributed by atoms with E-state index in [1.54, 1.807) is 12.2 Å². The minimum absolute atomic E-state index is 0.0141. The van der Waals surface area contributed by atoms with Crippen LogP contribution in [-0.4, -0.2) is 11.5 Å². The molecule has 0 aromatic rings. The van der Waals surface area contributed by atoms with Crippen molar-refractivity contribution >= 4 is 11.5 Å². The maximum absolute atomic E-state index is 10.8. The first-order valence-corrected chi connectivity index (χ1v) is 3.15. The second-order valence-corrected chi connectivity index (χ2v) is 2.43. The third-order valence-corrected chi connectivity index (χ3v) is 1.31. The van der Waals surface area contributed by atoms with E-state index < -0.39 is 0 Å². The number of rotatable bonds is 0. The highest BCUT2D eigenvalue weighted by Crippen LogP contribution is 2.05. The predicted molar refractivity (Wildman–Crippen MR) is 40.2 cm³/mol. The van der Waals surface area contributed by atoms with Crippen LogP contribution in [-0.2, 0) is 4.79 Å². The lowest BCUT2D eigenvalue weighted by Gasteiger charge is -1.92. The molecule has 0 heterocycles. The molecule has 0 spiro atoms. The van der Waals surface area contributed by atoms with Gasteiger partial charge in [0, 0.05) is 12.1 Å². The lowest BCUT2D eigenvalue weighted by molar-refractivity contribution is -0.110. The molecular weight excluding hydrogens is 126 g/mol. The van der Waals surface area contributed by atoms with Crippen LogP contribution in [0.2, 0.25) is 0 Å². The zero-order valence-corrected chi connectivity index (χ0v) is 5.85. The molecule has 0 radical (unpaired) electrons. The van der Waals surface area contributed by atoms with E-state index in [9.17, 15) is 4.79 Å². The van der Waals surface area contributed by atoms with Gasteiger partial charge in [0.25, 0.3) is 0 Å². The lowest BCUT2D eigenvalue weighted by Crippen LogP contribution is -1.88. The van der Waals surface area contributed by atoms with Gasteiger partial charge in [-0.2, -0.15) is 0 Å².